The Morgan fingerprint density at radius 2 is 1.62 bits per heavy atom. The Balaban J connectivity index is 1.72. The van der Waals surface area contributed by atoms with Gasteiger partial charge in [0, 0.05) is 25.1 Å². The number of ether oxygens (including phenoxy) is 1. The Morgan fingerprint density at radius 3 is 2.29 bits per heavy atom. The van der Waals surface area contributed by atoms with Gasteiger partial charge in [-0.15, -0.1) is 0 Å². The van der Waals surface area contributed by atoms with Crippen LogP contribution in [0, 0.1) is 6.92 Å². The molecule has 1 saturated carbocycles. The molecule has 42 heavy (non-hydrogen) atoms. The van der Waals surface area contributed by atoms with E-state index in [0.717, 1.165) is 59.4 Å². The predicted molar refractivity (Wildman–Crippen MR) is 166 cm³/mol. The highest BCUT2D eigenvalue weighted by atomic mass is 32.2. The van der Waals surface area contributed by atoms with Crippen LogP contribution >= 0.6 is 0 Å². The maximum atomic E-state index is 14.3. The third-order valence-electron chi connectivity index (χ3n) is 7.68. The Hall–Kier alpha value is -3.85. The Labute approximate surface area is 249 Å². The fourth-order valence-corrected chi connectivity index (χ4v) is 6.33. The van der Waals surface area contributed by atoms with Crippen LogP contribution in [-0.4, -0.2) is 57.1 Å². The summed E-state index contributed by atoms with van der Waals surface area (Å²) in [6, 6.07) is 23.2. The van der Waals surface area contributed by atoms with Gasteiger partial charge in [-0.25, -0.2) is 8.42 Å². The molecule has 2 amide bonds. The minimum Gasteiger partial charge on any atom is -0.497 e. The second-order valence-corrected chi connectivity index (χ2v) is 12.9. The lowest BCUT2D eigenvalue weighted by Gasteiger charge is -2.35. The van der Waals surface area contributed by atoms with Crippen molar-refractivity contribution in [3.8, 4) is 5.75 Å². The zero-order chi connectivity index (χ0) is 30.1. The van der Waals surface area contributed by atoms with E-state index in [1.54, 1.807) is 24.3 Å². The van der Waals surface area contributed by atoms with Gasteiger partial charge < -0.3 is 15.0 Å². The van der Waals surface area contributed by atoms with Crippen molar-refractivity contribution in [1.29, 1.82) is 0 Å². The second-order valence-electron chi connectivity index (χ2n) is 11.0. The molecular weight excluding hydrogens is 550 g/mol. The molecule has 1 fully saturated rings. The van der Waals surface area contributed by atoms with E-state index in [0.29, 0.717) is 17.9 Å². The summed E-state index contributed by atoms with van der Waals surface area (Å²) in [5.74, 6) is -0.220. The van der Waals surface area contributed by atoms with Crippen LogP contribution in [0.4, 0.5) is 5.69 Å². The monoisotopic (exact) mass is 591 g/mol. The quantitative estimate of drug-likeness (QED) is 0.325. The number of anilines is 1. The zero-order valence-electron chi connectivity index (χ0n) is 24.7. The van der Waals surface area contributed by atoms with Crippen LogP contribution in [0.5, 0.6) is 5.75 Å². The van der Waals surface area contributed by atoms with Crippen molar-refractivity contribution >= 4 is 27.5 Å². The molecule has 3 aromatic carbocycles. The maximum absolute atomic E-state index is 14.3. The molecule has 1 aliphatic carbocycles. The number of amides is 2. The molecule has 9 heteroatoms. The molecule has 0 heterocycles. The number of carbonyl (C=O) groups is 2. The van der Waals surface area contributed by atoms with Crippen LogP contribution < -0.4 is 14.4 Å². The summed E-state index contributed by atoms with van der Waals surface area (Å²) in [7, 11) is -2.35. The molecule has 0 unspecified atom stereocenters. The summed E-state index contributed by atoms with van der Waals surface area (Å²) >= 11 is 0. The molecule has 0 saturated heterocycles. The average Bonchev–Trinajstić information content (AvgIpc) is 2.98. The highest BCUT2D eigenvalue weighted by molar-refractivity contribution is 7.92. The average molecular weight is 592 g/mol. The number of nitrogens with one attached hydrogen (secondary N) is 1. The first-order chi connectivity index (χ1) is 20.1. The minimum absolute atomic E-state index is 0.0600. The lowest BCUT2D eigenvalue weighted by molar-refractivity contribution is -0.140. The van der Waals surface area contributed by atoms with Crippen LogP contribution in [0.2, 0.25) is 0 Å². The normalized spacial score (nSPS) is 14.5. The molecule has 0 bridgehead atoms. The highest BCUT2D eigenvalue weighted by Crippen LogP contribution is 2.25. The van der Waals surface area contributed by atoms with Gasteiger partial charge in [0.1, 0.15) is 18.3 Å². The summed E-state index contributed by atoms with van der Waals surface area (Å²) < 4.78 is 32.3. The van der Waals surface area contributed by atoms with Crippen molar-refractivity contribution in [1.82, 2.24) is 10.2 Å². The van der Waals surface area contributed by atoms with Gasteiger partial charge in [0.2, 0.25) is 21.8 Å². The summed E-state index contributed by atoms with van der Waals surface area (Å²) in [5.41, 5.74) is 3.11. The van der Waals surface area contributed by atoms with E-state index in [9.17, 15) is 18.0 Å². The van der Waals surface area contributed by atoms with Crippen LogP contribution in [0.1, 0.15) is 48.8 Å². The molecule has 0 spiro atoms. The van der Waals surface area contributed by atoms with Crippen molar-refractivity contribution in [2.75, 3.05) is 24.2 Å². The van der Waals surface area contributed by atoms with Gasteiger partial charge in [-0.3, -0.25) is 13.9 Å². The molecule has 8 nitrogen and oxygen atoms in total. The molecule has 1 atom stereocenters. The first kappa shape index (κ1) is 31.1. The van der Waals surface area contributed by atoms with Crippen LogP contribution in [0.3, 0.4) is 0 Å². The number of hydrogen-bond acceptors (Lipinski definition) is 5. The summed E-state index contributed by atoms with van der Waals surface area (Å²) in [4.78, 5) is 29.8. The lowest BCUT2D eigenvalue weighted by atomic mass is 9.94. The fourth-order valence-electron chi connectivity index (χ4n) is 5.48. The van der Waals surface area contributed by atoms with Crippen molar-refractivity contribution in [2.24, 2.45) is 0 Å². The van der Waals surface area contributed by atoms with E-state index in [2.05, 4.69) is 5.32 Å². The fraction of sp³-hybridized carbons (Fsp3) is 0.394. The van der Waals surface area contributed by atoms with E-state index < -0.39 is 28.5 Å². The highest BCUT2D eigenvalue weighted by Gasteiger charge is 2.34. The maximum Gasteiger partial charge on any atom is 0.244 e. The second kappa shape index (κ2) is 14.4. The molecule has 0 aliphatic heterocycles. The van der Waals surface area contributed by atoms with Gasteiger partial charge in [0.15, 0.2) is 0 Å². The topological polar surface area (TPSA) is 96.0 Å². The largest absolute Gasteiger partial charge is 0.497 e. The van der Waals surface area contributed by atoms with Crippen molar-refractivity contribution in [3.05, 3.63) is 95.6 Å². The molecule has 1 aliphatic rings. The Kier molecular flexibility index (Phi) is 10.6. The van der Waals surface area contributed by atoms with Crippen LogP contribution in [-0.2, 0) is 32.6 Å². The number of nitrogens with zero attached hydrogens (tertiary/aromatic N) is 2. The zero-order valence-corrected chi connectivity index (χ0v) is 25.5. The first-order valence-corrected chi connectivity index (χ1v) is 16.3. The summed E-state index contributed by atoms with van der Waals surface area (Å²) in [5, 5.41) is 3.22. The van der Waals surface area contributed by atoms with E-state index >= 15 is 0 Å². The number of methoxy groups -OCH3 is 1. The Morgan fingerprint density at radius 1 is 0.929 bits per heavy atom. The van der Waals surface area contributed by atoms with Crippen molar-refractivity contribution in [3.63, 3.8) is 0 Å². The number of benzene rings is 3. The third kappa shape index (κ3) is 8.58. The summed E-state index contributed by atoms with van der Waals surface area (Å²) in [6.45, 7) is 1.67. The van der Waals surface area contributed by atoms with Gasteiger partial charge in [-0.05, 0) is 43.0 Å². The van der Waals surface area contributed by atoms with Gasteiger partial charge in [0.05, 0.1) is 19.1 Å². The summed E-state index contributed by atoms with van der Waals surface area (Å²) in [6.07, 6.45) is 6.47. The number of hydrogen-bond donors (Lipinski definition) is 1. The predicted octanol–water partition coefficient (Wildman–Crippen LogP) is 4.86. The van der Waals surface area contributed by atoms with Gasteiger partial charge >= 0.3 is 0 Å². The molecule has 3 aromatic rings. The van der Waals surface area contributed by atoms with Gasteiger partial charge in [-0.1, -0.05) is 85.5 Å². The minimum atomic E-state index is -3.85. The van der Waals surface area contributed by atoms with E-state index in [4.69, 9.17) is 4.74 Å². The standard InChI is InChI=1S/C33H41N3O5S/c1-25-12-10-15-27(20-25)23-35(32(37)24-36(42(3,39)40)29-18-11-19-30(22-29)41-2)31(21-26-13-6-4-7-14-26)33(38)34-28-16-8-5-9-17-28/h4,6-7,10-15,18-20,22,28,31H,5,8-9,16-17,21,23-24H2,1-3H3,(H,34,38)/t31-/m1/s1. The molecule has 1 N–H and O–H groups in total. The number of aryl methyl sites for hydroxylation is 1. The number of carbonyl (C=O) groups excluding carboxylic acids is 2. The van der Waals surface area contributed by atoms with E-state index in [1.165, 1.54) is 12.0 Å². The molecule has 0 radical (unpaired) electrons. The lowest BCUT2D eigenvalue weighted by Crippen LogP contribution is -2.55. The molecule has 0 aromatic heterocycles. The van der Waals surface area contributed by atoms with Crippen LogP contribution in [0.25, 0.3) is 0 Å². The van der Waals surface area contributed by atoms with Crippen LogP contribution in [0.15, 0.2) is 78.9 Å². The van der Waals surface area contributed by atoms with Gasteiger partial charge in [-0.2, -0.15) is 0 Å². The van der Waals surface area contributed by atoms with E-state index in [-0.39, 0.29) is 18.5 Å². The smallest absolute Gasteiger partial charge is 0.244 e. The Bertz CT molecular complexity index is 1460. The number of rotatable bonds is 12. The van der Waals surface area contributed by atoms with Crippen molar-refractivity contribution < 1.29 is 22.7 Å². The SMILES string of the molecule is COc1cccc(N(CC(=O)N(Cc2cccc(C)c2)[C@H](Cc2ccccc2)C(=O)NC2CCCCC2)S(C)(=O)=O)c1. The first-order valence-electron chi connectivity index (χ1n) is 14.4. The van der Waals surface area contributed by atoms with Crippen molar-refractivity contribution in [2.45, 2.75) is 64.1 Å². The van der Waals surface area contributed by atoms with Gasteiger partial charge in [0.25, 0.3) is 0 Å². The third-order valence-corrected chi connectivity index (χ3v) is 8.82. The molecular formula is C33H41N3O5S. The molecule has 4 rings (SSSR count). The molecule has 224 valence electrons. The van der Waals surface area contributed by atoms with E-state index in [1.807, 2.05) is 61.5 Å². The number of sulfonamides is 1.